The quantitative estimate of drug-likeness (QED) is 0.848. The number of ether oxygens (including phenoxy) is 2. The number of nitrogens with zero attached hydrogens (tertiary/aromatic N) is 1. The highest BCUT2D eigenvalue weighted by Gasteiger charge is 2.22. The maximum absolute atomic E-state index is 12.8. The van der Waals surface area contributed by atoms with Crippen molar-refractivity contribution in [3.63, 3.8) is 0 Å². The third-order valence-corrected chi connectivity index (χ3v) is 6.04. The smallest absolute Gasteiger partial charge is 0.262 e. The van der Waals surface area contributed by atoms with Gasteiger partial charge in [-0.1, -0.05) is 0 Å². The van der Waals surface area contributed by atoms with Crippen LogP contribution in [0.25, 0.3) is 0 Å². The zero-order valence-corrected chi connectivity index (χ0v) is 16.3. The van der Waals surface area contributed by atoms with Crippen molar-refractivity contribution < 1.29 is 22.7 Å². The van der Waals surface area contributed by atoms with Crippen LogP contribution in [0.1, 0.15) is 11.1 Å². The Balaban J connectivity index is 1.83. The summed E-state index contributed by atoms with van der Waals surface area (Å²) in [5.74, 6) is 0.502. The van der Waals surface area contributed by atoms with Crippen molar-refractivity contribution in [3.05, 3.63) is 47.5 Å². The highest BCUT2D eigenvalue weighted by Crippen LogP contribution is 2.28. The lowest BCUT2D eigenvalue weighted by molar-refractivity contribution is -0.125. The monoisotopic (exact) mass is 390 g/mol. The number of carbonyl (C=O) groups excluding carboxylic acids is 1. The van der Waals surface area contributed by atoms with Crippen LogP contribution in [0.2, 0.25) is 0 Å². The summed E-state index contributed by atoms with van der Waals surface area (Å²) in [5.41, 5.74) is 2.35. The van der Waals surface area contributed by atoms with Crippen molar-refractivity contribution in [2.45, 2.75) is 18.7 Å². The molecule has 1 aliphatic heterocycles. The number of hydrogen-bond acceptors (Lipinski definition) is 5. The number of morpholine rings is 1. The number of aryl methyl sites for hydroxylation is 2. The average molecular weight is 390 g/mol. The summed E-state index contributed by atoms with van der Waals surface area (Å²) in [6.45, 7) is 4.49. The van der Waals surface area contributed by atoms with Crippen molar-refractivity contribution in [1.82, 2.24) is 0 Å². The third-order valence-electron chi connectivity index (χ3n) is 4.36. The largest absolute Gasteiger partial charge is 0.497 e. The molecule has 1 amide bonds. The number of sulfonamides is 1. The molecule has 27 heavy (non-hydrogen) atoms. The van der Waals surface area contributed by atoms with Crippen molar-refractivity contribution >= 4 is 27.3 Å². The van der Waals surface area contributed by atoms with E-state index in [1.165, 1.54) is 0 Å². The normalized spacial score (nSPS) is 14.9. The molecule has 0 aliphatic carbocycles. The van der Waals surface area contributed by atoms with Gasteiger partial charge in [-0.05, 0) is 61.4 Å². The molecular formula is C19H22N2O5S. The van der Waals surface area contributed by atoms with Gasteiger partial charge in [0.05, 0.1) is 18.6 Å². The topological polar surface area (TPSA) is 84.9 Å². The van der Waals surface area contributed by atoms with E-state index in [4.69, 9.17) is 9.47 Å². The Morgan fingerprint density at radius 2 is 1.74 bits per heavy atom. The van der Waals surface area contributed by atoms with Crippen molar-refractivity contribution in [3.8, 4) is 5.75 Å². The number of rotatable bonds is 5. The molecule has 0 radical (unpaired) electrons. The first-order valence-corrected chi connectivity index (χ1v) is 9.96. The molecule has 3 rings (SSSR count). The standard InChI is InChI=1S/C19H22N2O5S/c1-13-10-17(25-3)11-14(2)19(13)27(23,24)20-15-4-6-16(7-5-15)21-8-9-26-12-18(21)22/h4-7,10-11,20H,8-9,12H2,1-3H3. The Morgan fingerprint density at radius 1 is 1.11 bits per heavy atom. The van der Waals surface area contributed by atoms with Gasteiger partial charge in [0.2, 0.25) is 0 Å². The SMILES string of the molecule is COc1cc(C)c(S(=O)(=O)Nc2ccc(N3CCOCC3=O)cc2)c(C)c1. The number of amides is 1. The summed E-state index contributed by atoms with van der Waals surface area (Å²) in [4.78, 5) is 13.8. The van der Waals surface area contributed by atoms with Crippen LogP contribution in [-0.2, 0) is 19.6 Å². The number of methoxy groups -OCH3 is 1. The first-order chi connectivity index (χ1) is 12.8. The molecule has 0 atom stereocenters. The Kier molecular flexibility index (Phi) is 5.38. The number of hydrogen-bond donors (Lipinski definition) is 1. The highest BCUT2D eigenvalue weighted by molar-refractivity contribution is 7.92. The lowest BCUT2D eigenvalue weighted by Gasteiger charge is -2.27. The lowest BCUT2D eigenvalue weighted by Crippen LogP contribution is -2.41. The van der Waals surface area contributed by atoms with E-state index in [0.717, 1.165) is 0 Å². The molecule has 0 spiro atoms. The van der Waals surface area contributed by atoms with Gasteiger partial charge in [-0.25, -0.2) is 8.42 Å². The molecule has 144 valence electrons. The Hall–Kier alpha value is -2.58. The second kappa shape index (κ2) is 7.58. The van der Waals surface area contributed by atoms with E-state index in [0.29, 0.717) is 41.4 Å². The molecule has 0 bridgehead atoms. The summed E-state index contributed by atoms with van der Waals surface area (Å²) >= 11 is 0. The summed E-state index contributed by atoms with van der Waals surface area (Å²) in [5, 5.41) is 0. The summed E-state index contributed by atoms with van der Waals surface area (Å²) in [6, 6.07) is 10.1. The molecule has 0 saturated carbocycles. The van der Waals surface area contributed by atoms with Gasteiger partial charge >= 0.3 is 0 Å². The van der Waals surface area contributed by atoms with Crippen LogP contribution in [-0.4, -0.2) is 41.2 Å². The number of carbonyl (C=O) groups is 1. The maximum Gasteiger partial charge on any atom is 0.262 e. The molecule has 8 heteroatoms. The third kappa shape index (κ3) is 4.06. The van der Waals surface area contributed by atoms with Crippen molar-refractivity contribution in [1.29, 1.82) is 0 Å². The van der Waals surface area contributed by atoms with Gasteiger partial charge in [0.1, 0.15) is 12.4 Å². The summed E-state index contributed by atoms with van der Waals surface area (Å²) in [7, 11) is -2.21. The molecule has 0 aromatic heterocycles. The molecule has 1 saturated heterocycles. The molecule has 1 aliphatic rings. The van der Waals surface area contributed by atoms with E-state index in [-0.39, 0.29) is 17.4 Å². The molecule has 1 N–H and O–H groups in total. The second-order valence-electron chi connectivity index (χ2n) is 6.34. The van der Waals surface area contributed by atoms with Crippen LogP contribution >= 0.6 is 0 Å². The Labute approximate surface area is 158 Å². The van der Waals surface area contributed by atoms with Crippen LogP contribution in [0.15, 0.2) is 41.3 Å². The molecular weight excluding hydrogens is 368 g/mol. The fraction of sp³-hybridized carbons (Fsp3) is 0.316. The number of benzene rings is 2. The predicted octanol–water partition coefficient (Wildman–Crippen LogP) is 2.48. The van der Waals surface area contributed by atoms with Crippen LogP contribution in [0.5, 0.6) is 5.75 Å². The first-order valence-electron chi connectivity index (χ1n) is 8.48. The molecule has 2 aromatic carbocycles. The second-order valence-corrected chi connectivity index (χ2v) is 7.96. The minimum atomic E-state index is -3.75. The van der Waals surface area contributed by atoms with Gasteiger partial charge in [0.15, 0.2) is 0 Å². The van der Waals surface area contributed by atoms with E-state index in [1.807, 2.05) is 0 Å². The Bertz CT molecular complexity index is 932. The van der Waals surface area contributed by atoms with Crippen LogP contribution < -0.4 is 14.4 Å². The minimum Gasteiger partial charge on any atom is -0.497 e. The van der Waals surface area contributed by atoms with E-state index in [9.17, 15) is 13.2 Å². The lowest BCUT2D eigenvalue weighted by atomic mass is 10.1. The summed E-state index contributed by atoms with van der Waals surface area (Å²) in [6.07, 6.45) is 0. The minimum absolute atomic E-state index is 0.0599. The Morgan fingerprint density at radius 3 is 2.30 bits per heavy atom. The van der Waals surface area contributed by atoms with Gasteiger partial charge < -0.3 is 14.4 Å². The molecule has 2 aromatic rings. The molecule has 7 nitrogen and oxygen atoms in total. The van der Waals surface area contributed by atoms with Crippen molar-refractivity contribution in [2.24, 2.45) is 0 Å². The van der Waals surface area contributed by atoms with Crippen LogP contribution in [0, 0.1) is 13.8 Å². The number of nitrogens with one attached hydrogen (secondary N) is 1. The predicted molar refractivity (Wildman–Crippen MR) is 103 cm³/mol. The highest BCUT2D eigenvalue weighted by atomic mass is 32.2. The van der Waals surface area contributed by atoms with Gasteiger partial charge in [-0.2, -0.15) is 0 Å². The molecule has 1 fully saturated rings. The fourth-order valence-corrected chi connectivity index (χ4v) is 4.67. The zero-order valence-electron chi connectivity index (χ0n) is 15.5. The van der Waals surface area contributed by atoms with Crippen LogP contribution in [0.3, 0.4) is 0 Å². The molecule has 1 heterocycles. The zero-order chi connectivity index (χ0) is 19.6. The first kappa shape index (κ1) is 19.2. The van der Waals surface area contributed by atoms with E-state index in [2.05, 4.69) is 4.72 Å². The maximum atomic E-state index is 12.8. The average Bonchev–Trinajstić information content (AvgIpc) is 2.61. The van der Waals surface area contributed by atoms with E-state index >= 15 is 0 Å². The van der Waals surface area contributed by atoms with Gasteiger partial charge in [0, 0.05) is 17.9 Å². The van der Waals surface area contributed by atoms with Gasteiger partial charge in [-0.15, -0.1) is 0 Å². The van der Waals surface area contributed by atoms with Gasteiger partial charge in [0.25, 0.3) is 15.9 Å². The number of anilines is 2. The van der Waals surface area contributed by atoms with Gasteiger partial charge in [-0.3, -0.25) is 9.52 Å². The molecule has 0 unspecified atom stereocenters. The van der Waals surface area contributed by atoms with E-state index < -0.39 is 10.0 Å². The fourth-order valence-electron chi connectivity index (χ4n) is 3.16. The van der Waals surface area contributed by atoms with E-state index in [1.54, 1.807) is 62.3 Å². The van der Waals surface area contributed by atoms with Crippen molar-refractivity contribution in [2.75, 3.05) is 36.5 Å². The van der Waals surface area contributed by atoms with Crippen LogP contribution in [0.4, 0.5) is 11.4 Å². The summed E-state index contributed by atoms with van der Waals surface area (Å²) < 4.78 is 38.6.